The zero-order valence-electron chi connectivity index (χ0n) is 27.2. The molecule has 1 atom stereocenters. The molecule has 5 aromatic carbocycles. The van der Waals surface area contributed by atoms with Crippen LogP contribution in [0, 0.1) is 0 Å². The predicted octanol–water partition coefficient (Wildman–Crippen LogP) is 10.1. The lowest BCUT2D eigenvalue weighted by Gasteiger charge is -2.35. The number of fused-ring (bicyclic) bond motifs is 6. The Bertz CT molecular complexity index is 2490. The van der Waals surface area contributed by atoms with Crippen LogP contribution in [-0.4, -0.2) is 8.42 Å². The molecule has 3 aliphatic rings. The van der Waals surface area contributed by atoms with Crippen molar-refractivity contribution in [1.82, 2.24) is 5.32 Å². The molecule has 0 saturated heterocycles. The van der Waals surface area contributed by atoms with E-state index in [-0.39, 0.29) is 11.5 Å². The zero-order valence-corrected chi connectivity index (χ0v) is 28.1. The number of allylic oxidation sites excluding steroid dienone is 3. The largest absolute Gasteiger partial charge is 0.456 e. The number of dihydropyridines is 1. The van der Waals surface area contributed by atoms with Crippen molar-refractivity contribution in [3.8, 4) is 22.3 Å². The molecule has 1 aliphatic carbocycles. The smallest absolute Gasteiger partial charge is 0.158 e. The first-order valence-corrected chi connectivity index (χ1v) is 18.7. The summed E-state index contributed by atoms with van der Waals surface area (Å²) in [6.45, 7) is 2.21. The Morgan fingerprint density at radius 1 is 0.714 bits per heavy atom. The third-order valence-corrected chi connectivity index (χ3v) is 11.7. The van der Waals surface area contributed by atoms with E-state index in [0.29, 0.717) is 0 Å². The Morgan fingerprint density at radius 3 is 2.12 bits per heavy atom. The van der Waals surface area contributed by atoms with Gasteiger partial charge < -0.3 is 9.73 Å². The van der Waals surface area contributed by atoms with Gasteiger partial charge in [-0.1, -0.05) is 97.1 Å². The molecule has 3 heterocycles. The van der Waals surface area contributed by atoms with E-state index < -0.39 is 15.4 Å². The highest BCUT2D eigenvalue weighted by Gasteiger charge is 2.30. The maximum atomic E-state index is 13.4. The fraction of sp³-hybridized carbons (Fsp3) is 0.136. The van der Waals surface area contributed by atoms with Crippen LogP contribution in [0.15, 0.2) is 138 Å². The number of rotatable bonds is 4. The van der Waals surface area contributed by atoms with Crippen LogP contribution in [0.3, 0.4) is 0 Å². The molecule has 2 aliphatic heterocycles. The van der Waals surface area contributed by atoms with Crippen LogP contribution < -0.4 is 5.32 Å². The van der Waals surface area contributed by atoms with Gasteiger partial charge in [0.25, 0.3) is 0 Å². The quantitative estimate of drug-likeness (QED) is 0.205. The van der Waals surface area contributed by atoms with Gasteiger partial charge in [0, 0.05) is 16.6 Å². The lowest BCUT2D eigenvalue weighted by atomic mass is 9.83. The Labute approximate surface area is 287 Å². The Balaban J connectivity index is 1.19. The van der Waals surface area contributed by atoms with Gasteiger partial charge in [-0.3, -0.25) is 0 Å². The number of benzene rings is 5. The summed E-state index contributed by atoms with van der Waals surface area (Å²) in [5.41, 5.74) is 12.9. The second-order valence-corrected chi connectivity index (χ2v) is 15.7. The Morgan fingerprint density at radius 2 is 1.37 bits per heavy atom. The van der Waals surface area contributed by atoms with E-state index >= 15 is 0 Å². The maximum Gasteiger partial charge on any atom is 0.158 e. The fourth-order valence-corrected chi connectivity index (χ4v) is 9.24. The molecular formula is C44H35NO3S. The van der Waals surface area contributed by atoms with Gasteiger partial charge in [0.15, 0.2) is 9.84 Å². The van der Waals surface area contributed by atoms with Gasteiger partial charge in [0.2, 0.25) is 0 Å². The molecule has 6 aromatic rings. The van der Waals surface area contributed by atoms with Crippen molar-refractivity contribution in [2.24, 2.45) is 0 Å². The van der Waals surface area contributed by atoms with E-state index in [4.69, 9.17) is 4.42 Å². The van der Waals surface area contributed by atoms with Crippen LogP contribution >= 0.6 is 0 Å². The molecule has 5 heteroatoms. The van der Waals surface area contributed by atoms with Crippen molar-refractivity contribution >= 4 is 38.2 Å². The topological polar surface area (TPSA) is 59.3 Å². The van der Waals surface area contributed by atoms with Crippen molar-refractivity contribution in [2.75, 3.05) is 0 Å². The number of furan rings is 1. The van der Waals surface area contributed by atoms with Gasteiger partial charge in [0.05, 0.1) is 17.0 Å². The first kappa shape index (κ1) is 29.7. The van der Waals surface area contributed by atoms with Gasteiger partial charge in [-0.25, -0.2) is 8.42 Å². The van der Waals surface area contributed by atoms with Gasteiger partial charge in [-0.05, 0) is 118 Å². The molecule has 1 aromatic heterocycles. The molecule has 0 bridgehead atoms. The van der Waals surface area contributed by atoms with E-state index in [9.17, 15) is 8.42 Å². The first-order valence-electron chi connectivity index (χ1n) is 16.9. The second-order valence-electron chi connectivity index (χ2n) is 13.6. The second kappa shape index (κ2) is 11.4. The number of hydrogen-bond acceptors (Lipinski definition) is 4. The normalized spacial score (nSPS) is 19.1. The highest BCUT2D eigenvalue weighted by atomic mass is 32.2. The SMILES string of the molecule is CC1(c2ccccc2)C=C(c2ccc3c(c2)-c2cc(-c4ccc5oc6c(c5c4)CCC=C6)ccc2CS(=O)(=O)C3)C=C(c2ccccc2)N1. The van der Waals surface area contributed by atoms with Crippen LogP contribution in [0.1, 0.15) is 52.5 Å². The molecule has 0 spiro atoms. The third-order valence-electron chi connectivity index (χ3n) is 10.2. The molecule has 1 N–H and O–H groups in total. The van der Waals surface area contributed by atoms with Crippen molar-refractivity contribution in [3.63, 3.8) is 0 Å². The minimum atomic E-state index is -3.35. The highest BCUT2D eigenvalue weighted by Crippen LogP contribution is 2.42. The molecule has 0 radical (unpaired) electrons. The molecule has 0 fully saturated rings. The molecule has 1 unspecified atom stereocenters. The van der Waals surface area contributed by atoms with E-state index in [2.05, 4.69) is 128 Å². The third kappa shape index (κ3) is 5.35. The summed E-state index contributed by atoms with van der Waals surface area (Å²) < 4.78 is 32.9. The van der Waals surface area contributed by atoms with Gasteiger partial charge in [-0.2, -0.15) is 0 Å². The Kier molecular flexibility index (Phi) is 6.89. The lowest BCUT2D eigenvalue weighted by molar-refractivity contribution is 0.538. The van der Waals surface area contributed by atoms with Crippen LogP contribution in [0.25, 0.3) is 50.6 Å². The van der Waals surface area contributed by atoms with E-state index in [1.807, 2.05) is 24.3 Å². The molecule has 0 saturated carbocycles. The molecule has 4 nitrogen and oxygen atoms in total. The molecule has 240 valence electrons. The van der Waals surface area contributed by atoms with Crippen LogP contribution in [0.2, 0.25) is 0 Å². The average molecular weight is 658 g/mol. The fourth-order valence-electron chi connectivity index (χ4n) is 7.69. The molecular weight excluding hydrogens is 623 g/mol. The Hall–Kier alpha value is -5.39. The summed E-state index contributed by atoms with van der Waals surface area (Å²) in [6.07, 6.45) is 10.7. The van der Waals surface area contributed by atoms with Crippen molar-refractivity contribution in [1.29, 1.82) is 0 Å². The summed E-state index contributed by atoms with van der Waals surface area (Å²) >= 11 is 0. The summed E-state index contributed by atoms with van der Waals surface area (Å²) in [4.78, 5) is 0. The minimum Gasteiger partial charge on any atom is -0.456 e. The van der Waals surface area contributed by atoms with E-state index in [1.165, 1.54) is 5.56 Å². The number of sulfone groups is 1. The van der Waals surface area contributed by atoms with E-state index in [1.54, 1.807) is 0 Å². The standard InChI is InChI=1S/C44H35NO3S/c1-44(36-12-6-3-7-13-36)26-35(25-41(45-44)29-10-4-2-5-11-29)32-17-19-34-28-49(46,47)27-33-18-16-30(22-38(33)39(34)23-32)31-20-21-43-40(24-31)37-14-8-9-15-42(37)48-43/h2-7,9-13,15-26,45H,8,14,27-28H2,1H3. The van der Waals surface area contributed by atoms with E-state index in [0.717, 1.165) is 90.9 Å². The number of aryl methyl sites for hydroxylation is 1. The first-order chi connectivity index (χ1) is 23.8. The lowest BCUT2D eigenvalue weighted by Crippen LogP contribution is -2.38. The van der Waals surface area contributed by atoms with Crippen molar-refractivity contribution < 1.29 is 12.8 Å². The molecule has 0 amide bonds. The van der Waals surface area contributed by atoms with Crippen LogP contribution in [0.5, 0.6) is 0 Å². The van der Waals surface area contributed by atoms with Gasteiger partial charge in [-0.15, -0.1) is 0 Å². The monoisotopic (exact) mass is 657 g/mol. The summed E-state index contributed by atoms with van der Waals surface area (Å²) in [7, 11) is -3.35. The summed E-state index contributed by atoms with van der Waals surface area (Å²) in [5, 5.41) is 4.96. The van der Waals surface area contributed by atoms with Gasteiger partial charge >= 0.3 is 0 Å². The summed E-state index contributed by atoms with van der Waals surface area (Å²) in [5.74, 6) is 0.983. The average Bonchev–Trinajstić information content (AvgIpc) is 3.45. The van der Waals surface area contributed by atoms with Crippen molar-refractivity contribution in [3.05, 3.63) is 173 Å². The predicted molar refractivity (Wildman–Crippen MR) is 200 cm³/mol. The molecule has 9 rings (SSSR count). The van der Waals surface area contributed by atoms with Crippen LogP contribution in [-0.2, 0) is 33.3 Å². The number of hydrogen-bond donors (Lipinski definition) is 1. The van der Waals surface area contributed by atoms with Crippen LogP contribution in [0.4, 0.5) is 0 Å². The van der Waals surface area contributed by atoms with Gasteiger partial charge in [0.1, 0.15) is 11.3 Å². The minimum absolute atomic E-state index is 0.0146. The number of nitrogens with one attached hydrogen (secondary N) is 1. The summed E-state index contributed by atoms with van der Waals surface area (Å²) in [6, 6.07) is 39.8. The van der Waals surface area contributed by atoms with Crippen molar-refractivity contribution in [2.45, 2.75) is 36.8 Å². The molecule has 49 heavy (non-hydrogen) atoms. The maximum absolute atomic E-state index is 13.4. The highest BCUT2D eigenvalue weighted by molar-refractivity contribution is 7.89. The zero-order chi connectivity index (χ0) is 33.2.